The largest absolute Gasteiger partial charge is 0.494 e. The number of sulfonamides is 1. The molecule has 0 aliphatic rings. The van der Waals surface area contributed by atoms with Gasteiger partial charge in [-0.2, -0.15) is 0 Å². The van der Waals surface area contributed by atoms with E-state index in [9.17, 15) is 12.8 Å². The molecule has 0 amide bonds. The van der Waals surface area contributed by atoms with Crippen molar-refractivity contribution in [3.8, 4) is 5.75 Å². The number of methoxy groups -OCH3 is 1. The van der Waals surface area contributed by atoms with Crippen molar-refractivity contribution < 1.29 is 17.5 Å². The van der Waals surface area contributed by atoms with Crippen molar-refractivity contribution in [1.82, 2.24) is 4.72 Å². The van der Waals surface area contributed by atoms with Crippen molar-refractivity contribution in [2.45, 2.75) is 17.9 Å². The molecule has 4 nitrogen and oxygen atoms in total. The molecule has 0 saturated heterocycles. The molecule has 2 aromatic carbocycles. The first kappa shape index (κ1) is 18.0. The predicted molar refractivity (Wildman–Crippen MR) is 88.2 cm³/mol. The van der Waals surface area contributed by atoms with E-state index in [4.69, 9.17) is 27.9 Å². The Morgan fingerprint density at radius 3 is 2.26 bits per heavy atom. The van der Waals surface area contributed by atoms with Crippen LogP contribution in [0.3, 0.4) is 0 Å². The summed E-state index contributed by atoms with van der Waals surface area (Å²) in [7, 11) is -2.50. The van der Waals surface area contributed by atoms with Crippen LogP contribution >= 0.6 is 23.2 Å². The van der Waals surface area contributed by atoms with Crippen molar-refractivity contribution in [2.24, 2.45) is 0 Å². The fourth-order valence-electron chi connectivity index (χ4n) is 2.00. The van der Waals surface area contributed by atoms with Crippen LogP contribution in [0, 0.1) is 5.82 Å². The highest BCUT2D eigenvalue weighted by Crippen LogP contribution is 2.25. The van der Waals surface area contributed by atoms with Crippen LogP contribution in [0.5, 0.6) is 5.75 Å². The van der Waals surface area contributed by atoms with Gasteiger partial charge in [0.25, 0.3) is 0 Å². The summed E-state index contributed by atoms with van der Waals surface area (Å²) in [6, 6.07) is 7.60. The molecule has 23 heavy (non-hydrogen) atoms. The van der Waals surface area contributed by atoms with E-state index in [2.05, 4.69) is 4.72 Å². The topological polar surface area (TPSA) is 55.4 Å². The molecule has 0 spiro atoms. The van der Waals surface area contributed by atoms with Gasteiger partial charge in [-0.25, -0.2) is 17.5 Å². The molecule has 0 aliphatic carbocycles. The van der Waals surface area contributed by atoms with Crippen LogP contribution < -0.4 is 9.46 Å². The Morgan fingerprint density at radius 1 is 1.13 bits per heavy atom. The molecule has 0 saturated carbocycles. The number of halogens is 3. The Bertz CT molecular complexity index is 807. The van der Waals surface area contributed by atoms with Crippen molar-refractivity contribution >= 4 is 33.2 Å². The lowest BCUT2D eigenvalue weighted by Crippen LogP contribution is -2.27. The van der Waals surface area contributed by atoms with Gasteiger partial charge in [0.2, 0.25) is 10.0 Å². The lowest BCUT2D eigenvalue weighted by molar-refractivity contribution is 0.386. The molecular weight excluding hydrogens is 364 g/mol. The number of hydrogen-bond acceptors (Lipinski definition) is 3. The van der Waals surface area contributed by atoms with Crippen LogP contribution in [0.25, 0.3) is 0 Å². The molecule has 2 rings (SSSR count). The minimum absolute atomic E-state index is 0.0594. The fraction of sp³-hybridized carbons (Fsp3) is 0.200. The van der Waals surface area contributed by atoms with E-state index in [0.717, 1.165) is 0 Å². The van der Waals surface area contributed by atoms with Crippen molar-refractivity contribution in [1.29, 1.82) is 0 Å². The first-order chi connectivity index (χ1) is 10.7. The molecular formula is C15H14Cl2FNO3S. The average molecular weight is 378 g/mol. The average Bonchev–Trinajstić information content (AvgIpc) is 2.45. The van der Waals surface area contributed by atoms with Crippen LogP contribution in [0.1, 0.15) is 18.5 Å². The highest BCUT2D eigenvalue weighted by molar-refractivity contribution is 7.89. The van der Waals surface area contributed by atoms with Gasteiger partial charge in [-0.05, 0) is 42.8 Å². The van der Waals surface area contributed by atoms with E-state index < -0.39 is 21.9 Å². The maximum absolute atomic E-state index is 13.7. The molecule has 8 heteroatoms. The summed E-state index contributed by atoms with van der Waals surface area (Å²) in [5, 5.41) is 0.419. The normalized spacial score (nSPS) is 12.9. The van der Waals surface area contributed by atoms with E-state index in [0.29, 0.717) is 5.56 Å². The second kappa shape index (κ2) is 7.05. The molecule has 1 atom stereocenters. The summed E-state index contributed by atoms with van der Waals surface area (Å²) in [5.74, 6) is -0.479. The maximum Gasteiger partial charge on any atom is 0.241 e. The third-order valence-corrected chi connectivity index (χ3v) is 5.11. The zero-order valence-electron chi connectivity index (χ0n) is 12.3. The van der Waals surface area contributed by atoms with Crippen LogP contribution in [-0.4, -0.2) is 15.5 Å². The minimum Gasteiger partial charge on any atom is -0.494 e. The van der Waals surface area contributed by atoms with Gasteiger partial charge in [-0.3, -0.25) is 0 Å². The van der Waals surface area contributed by atoms with Crippen molar-refractivity contribution in [3.63, 3.8) is 0 Å². The Morgan fingerprint density at radius 2 is 1.74 bits per heavy atom. The smallest absolute Gasteiger partial charge is 0.241 e. The number of hydrogen-bond donors (Lipinski definition) is 1. The number of rotatable bonds is 5. The minimum atomic E-state index is -3.85. The fourth-order valence-corrected chi connectivity index (χ4v) is 3.96. The third kappa shape index (κ3) is 4.35. The molecule has 0 unspecified atom stereocenters. The lowest BCUT2D eigenvalue weighted by atomic mass is 10.1. The molecule has 0 aromatic heterocycles. The van der Waals surface area contributed by atoms with E-state index in [1.807, 2.05) is 0 Å². The van der Waals surface area contributed by atoms with Crippen molar-refractivity contribution in [3.05, 3.63) is 57.8 Å². The van der Waals surface area contributed by atoms with E-state index in [-0.39, 0.29) is 20.7 Å². The first-order valence-corrected chi connectivity index (χ1v) is 8.78. The number of nitrogens with one attached hydrogen (secondary N) is 1. The van der Waals surface area contributed by atoms with Gasteiger partial charge in [0.05, 0.1) is 12.0 Å². The second-order valence-electron chi connectivity index (χ2n) is 4.84. The predicted octanol–water partition coefficient (Wildman–Crippen LogP) is 4.18. The van der Waals surface area contributed by atoms with E-state index in [1.165, 1.54) is 37.4 Å². The Hall–Kier alpha value is -1.34. The first-order valence-electron chi connectivity index (χ1n) is 6.55. The summed E-state index contributed by atoms with van der Waals surface area (Å²) >= 11 is 11.6. The second-order valence-corrected chi connectivity index (χ2v) is 7.43. The molecule has 2 aromatic rings. The maximum atomic E-state index is 13.7. The molecule has 0 aliphatic heterocycles. The summed E-state index contributed by atoms with van der Waals surface area (Å²) in [6.07, 6.45) is 0. The standard InChI is InChI=1S/C15H14Cl2FNO3S/c1-9(10-3-4-15(22-2)14(18)5-10)19-23(20,21)13-7-11(16)6-12(17)8-13/h3-9,19H,1-2H3/t9-/m1/s1. The monoisotopic (exact) mass is 377 g/mol. The van der Waals surface area contributed by atoms with Crippen LogP contribution in [0.2, 0.25) is 10.0 Å². The Balaban J connectivity index is 2.27. The van der Waals surface area contributed by atoms with Gasteiger partial charge in [0.15, 0.2) is 11.6 Å². The molecule has 0 heterocycles. The summed E-state index contributed by atoms with van der Waals surface area (Å²) in [6.45, 7) is 1.60. The highest BCUT2D eigenvalue weighted by atomic mass is 35.5. The summed E-state index contributed by atoms with van der Waals surface area (Å²) in [5.41, 5.74) is 0.458. The zero-order valence-corrected chi connectivity index (χ0v) is 14.6. The summed E-state index contributed by atoms with van der Waals surface area (Å²) in [4.78, 5) is -0.0594. The quantitative estimate of drug-likeness (QED) is 0.849. The van der Waals surface area contributed by atoms with Crippen LogP contribution in [0.4, 0.5) is 4.39 Å². The molecule has 0 bridgehead atoms. The van der Waals surface area contributed by atoms with Gasteiger partial charge in [0.1, 0.15) is 0 Å². The van der Waals surface area contributed by atoms with Gasteiger partial charge in [0, 0.05) is 16.1 Å². The van der Waals surface area contributed by atoms with E-state index >= 15 is 0 Å². The highest BCUT2D eigenvalue weighted by Gasteiger charge is 2.20. The lowest BCUT2D eigenvalue weighted by Gasteiger charge is -2.16. The Labute approximate surface area is 144 Å². The van der Waals surface area contributed by atoms with Gasteiger partial charge < -0.3 is 4.74 Å². The molecule has 124 valence electrons. The molecule has 0 fully saturated rings. The van der Waals surface area contributed by atoms with Gasteiger partial charge in [-0.1, -0.05) is 29.3 Å². The van der Waals surface area contributed by atoms with Gasteiger partial charge in [-0.15, -0.1) is 0 Å². The van der Waals surface area contributed by atoms with Crippen LogP contribution in [-0.2, 0) is 10.0 Å². The third-order valence-electron chi connectivity index (χ3n) is 3.15. The van der Waals surface area contributed by atoms with Gasteiger partial charge >= 0.3 is 0 Å². The SMILES string of the molecule is COc1ccc([C@@H](C)NS(=O)(=O)c2cc(Cl)cc(Cl)c2)cc1F. The van der Waals surface area contributed by atoms with Crippen LogP contribution in [0.15, 0.2) is 41.3 Å². The number of ether oxygens (including phenoxy) is 1. The number of benzene rings is 2. The summed E-state index contributed by atoms with van der Waals surface area (Å²) < 4.78 is 45.8. The molecule has 1 N–H and O–H groups in total. The Kier molecular flexibility index (Phi) is 5.52. The zero-order chi connectivity index (χ0) is 17.2. The van der Waals surface area contributed by atoms with E-state index in [1.54, 1.807) is 13.0 Å². The van der Waals surface area contributed by atoms with Crippen molar-refractivity contribution in [2.75, 3.05) is 7.11 Å². The molecule has 0 radical (unpaired) electrons.